The molecule has 3 aromatic carbocycles. The van der Waals surface area contributed by atoms with E-state index < -0.39 is 0 Å². The summed E-state index contributed by atoms with van der Waals surface area (Å²) in [6, 6.07) is 24.5. The van der Waals surface area contributed by atoms with Crippen molar-refractivity contribution >= 4 is 16.8 Å². The minimum atomic E-state index is 0.0663. The summed E-state index contributed by atoms with van der Waals surface area (Å²) in [5.41, 5.74) is 7.30. The maximum absolute atomic E-state index is 13.0. The minimum absolute atomic E-state index is 0.0663. The van der Waals surface area contributed by atoms with E-state index in [9.17, 15) is 4.79 Å². The Morgan fingerprint density at radius 1 is 0.792 bits per heavy atom. The first-order valence-corrected chi connectivity index (χ1v) is 8.10. The van der Waals surface area contributed by atoms with Crippen molar-refractivity contribution in [2.75, 3.05) is 0 Å². The van der Waals surface area contributed by atoms with E-state index >= 15 is 0 Å². The van der Waals surface area contributed by atoms with Crippen molar-refractivity contribution in [1.82, 2.24) is 4.57 Å². The van der Waals surface area contributed by atoms with E-state index in [-0.39, 0.29) is 5.91 Å². The summed E-state index contributed by atoms with van der Waals surface area (Å²) < 4.78 is 1.88. The molecule has 0 fully saturated rings. The third kappa shape index (κ3) is 1.63. The molecule has 0 aliphatic carbocycles. The second-order valence-corrected chi connectivity index (χ2v) is 6.30. The van der Waals surface area contributed by atoms with Crippen LogP contribution in [0.4, 0.5) is 0 Å². The van der Waals surface area contributed by atoms with Crippen molar-refractivity contribution in [2.24, 2.45) is 0 Å². The van der Waals surface area contributed by atoms with Gasteiger partial charge in [-0.1, -0.05) is 60.2 Å². The molecule has 24 heavy (non-hydrogen) atoms. The van der Waals surface area contributed by atoms with Crippen LogP contribution in [-0.4, -0.2) is 10.5 Å². The van der Waals surface area contributed by atoms with Gasteiger partial charge in [0.25, 0.3) is 5.91 Å². The van der Waals surface area contributed by atoms with E-state index in [0.29, 0.717) is 0 Å². The van der Waals surface area contributed by atoms with Gasteiger partial charge < -0.3 is 0 Å². The summed E-state index contributed by atoms with van der Waals surface area (Å²) in [6.45, 7) is 2.09. The highest BCUT2D eigenvalue weighted by atomic mass is 16.2. The summed E-state index contributed by atoms with van der Waals surface area (Å²) in [6.07, 6.45) is 0. The van der Waals surface area contributed by atoms with Crippen LogP contribution in [-0.2, 0) is 0 Å². The maximum Gasteiger partial charge on any atom is 0.263 e. The van der Waals surface area contributed by atoms with Crippen LogP contribution in [0.2, 0.25) is 0 Å². The smallest absolute Gasteiger partial charge is 0.263 e. The van der Waals surface area contributed by atoms with Gasteiger partial charge in [-0.3, -0.25) is 9.36 Å². The van der Waals surface area contributed by atoms with Crippen molar-refractivity contribution in [2.45, 2.75) is 6.92 Å². The number of carbonyl (C=O) groups excluding carboxylic acids is 1. The SMILES string of the molecule is Cc1ccc2c(c1)c(-c1ccccc1)c1n2C(=O)c2ccccc2-1. The van der Waals surface area contributed by atoms with Crippen LogP contribution in [0, 0.1) is 6.92 Å². The summed E-state index contributed by atoms with van der Waals surface area (Å²) in [7, 11) is 0. The van der Waals surface area contributed by atoms with Gasteiger partial charge in [0.2, 0.25) is 0 Å². The number of hydrogen-bond acceptors (Lipinski definition) is 1. The van der Waals surface area contributed by atoms with E-state index in [4.69, 9.17) is 0 Å². The van der Waals surface area contributed by atoms with Crippen LogP contribution in [0.3, 0.4) is 0 Å². The first kappa shape index (κ1) is 13.3. The zero-order valence-electron chi connectivity index (χ0n) is 13.3. The fourth-order valence-electron chi connectivity index (χ4n) is 3.76. The summed E-state index contributed by atoms with van der Waals surface area (Å²) >= 11 is 0. The van der Waals surface area contributed by atoms with Crippen LogP contribution >= 0.6 is 0 Å². The Bertz CT molecular complexity index is 1120. The molecule has 4 aromatic rings. The van der Waals surface area contributed by atoms with Gasteiger partial charge in [0.15, 0.2) is 0 Å². The summed E-state index contributed by atoms with van der Waals surface area (Å²) in [4.78, 5) is 13.0. The quantitative estimate of drug-likeness (QED) is 0.412. The van der Waals surface area contributed by atoms with Gasteiger partial charge in [-0.25, -0.2) is 0 Å². The summed E-state index contributed by atoms with van der Waals surface area (Å²) in [5, 5.41) is 1.14. The molecule has 0 amide bonds. The third-order valence-electron chi connectivity index (χ3n) is 4.80. The van der Waals surface area contributed by atoms with Crippen LogP contribution in [0.1, 0.15) is 15.9 Å². The fraction of sp³-hybridized carbons (Fsp3) is 0.0455. The minimum Gasteiger partial charge on any atom is -0.275 e. The monoisotopic (exact) mass is 309 g/mol. The Kier molecular flexibility index (Phi) is 2.60. The van der Waals surface area contributed by atoms with Crippen molar-refractivity contribution < 1.29 is 4.79 Å². The number of carbonyl (C=O) groups is 1. The van der Waals surface area contributed by atoms with Gasteiger partial charge in [-0.2, -0.15) is 0 Å². The lowest BCUT2D eigenvalue weighted by Crippen LogP contribution is -2.05. The molecular formula is C22H15NO. The van der Waals surface area contributed by atoms with Crippen LogP contribution in [0.15, 0.2) is 72.8 Å². The molecule has 0 unspecified atom stereocenters. The number of rotatable bonds is 1. The van der Waals surface area contributed by atoms with Gasteiger partial charge in [0, 0.05) is 22.1 Å². The zero-order valence-corrected chi connectivity index (χ0v) is 13.3. The van der Waals surface area contributed by atoms with Crippen molar-refractivity contribution in [1.29, 1.82) is 0 Å². The summed E-state index contributed by atoms with van der Waals surface area (Å²) in [5.74, 6) is 0.0663. The van der Waals surface area contributed by atoms with E-state index in [1.165, 1.54) is 5.56 Å². The molecule has 2 heteroatoms. The first-order chi connectivity index (χ1) is 11.8. The Hall–Kier alpha value is -3.13. The zero-order chi connectivity index (χ0) is 16.3. The molecule has 0 bridgehead atoms. The number of aryl methyl sites for hydroxylation is 1. The van der Waals surface area contributed by atoms with E-state index in [1.54, 1.807) is 0 Å². The van der Waals surface area contributed by atoms with Gasteiger partial charge in [0.1, 0.15) is 0 Å². The van der Waals surface area contributed by atoms with Gasteiger partial charge in [-0.15, -0.1) is 0 Å². The molecule has 0 saturated carbocycles. The number of nitrogens with zero attached hydrogens (tertiary/aromatic N) is 1. The Balaban J connectivity index is 2.00. The molecule has 0 atom stereocenters. The van der Waals surface area contributed by atoms with Crippen LogP contribution in [0.5, 0.6) is 0 Å². The lowest BCUT2D eigenvalue weighted by molar-refractivity contribution is 0.0973. The molecule has 2 heterocycles. The number of hydrogen-bond donors (Lipinski definition) is 0. The number of fused-ring (bicyclic) bond motifs is 5. The molecule has 2 nitrogen and oxygen atoms in total. The average molecular weight is 309 g/mol. The second kappa shape index (κ2) is 4.68. The van der Waals surface area contributed by atoms with E-state index in [2.05, 4.69) is 37.3 Å². The molecule has 5 rings (SSSR count). The largest absolute Gasteiger partial charge is 0.275 e. The Morgan fingerprint density at radius 2 is 1.50 bits per heavy atom. The van der Waals surface area contributed by atoms with Gasteiger partial charge >= 0.3 is 0 Å². The van der Waals surface area contributed by atoms with Gasteiger partial charge in [-0.05, 0) is 30.7 Å². The maximum atomic E-state index is 13.0. The fourth-order valence-corrected chi connectivity index (χ4v) is 3.76. The topological polar surface area (TPSA) is 22.0 Å². The lowest BCUT2D eigenvalue weighted by Gasteiger charge is -2.05. The predicted octanol–water partition coefficient (Wildman–Crippen LogP) is 5.29. The van der Waals surface area contributed by atoms with Crippen molar-refractivity contribution in [3.05, 3.63) is 83.9 Å². The average Bonchev–Trinajstić information content (AvgIpc) is 3.09. The second-order valence-electron chi connectivity index (χ2n) is 6.30. The molecule has 0 radical (unpaired) electrons. The van der Waals surface area contributed by atoms with E-state index in [1.807, 2.05) is 47.0 Å². The molecule has 1 aliphatic rings. The Morgan fingerprint density at radius 3 is 2.29 bits per heavy atom. The number of aromatic nitrogens is 1. The highest BCUT2D eigenvalue weighted by Gasteiger charge is 2.32. The third-order valence-corrected chi connectivity index (χ3v) is 4.80. The molecule has 1 aromatic heterocycles. The molecular weight excluding hydrogens is 294 g/mol. The van der Waals surface area contributed by atoms with Crippen molar-refractivity contribution in [3.63, 3.8) is 0 Å². The highest BCUT2D eigenvalue weighted by molar-refractivity contribution is 6.20. The van der Waals surface area contributed by atoms with Gasteiger partial charge in [0.05, 0.1) is 11.2 Å². The van der Waals surface area contributed by atoms with Crippen molar-refractivity contribution in [3.8, 4) is 22.4 Å². The molecule has 1 aliphatic heterocycles. The van der Waals surface area contributed by atoms with Crippen LogP contribution < -0.4 is 0 Å². The lowest BCUT2D eigenvalue weighted by atomic mass is 9.96. The van der Waals surface area contributed by atoms with Crippen LogP contribution in [0.25, 0.3) is 33.3 Å². The Labute approximate surface area is 140 Å². The molecule has 0 saturated heterocycles. The van der Waals surface area contributed by atoms with E-state index in [0.717, 1.165) is 38.9 Å². The standard InChI is InChI=1S/C22H15NO/c1-14-11-12-19-18(13-14)20(15-7-3-2-4-8-15)21-16-9-5-6-10-17(16)22(24)23(19)21/h2-13H,1H3. The predicted molar refractivity (Wildman–Crippen MR) is 97.3 cm³/mol. The molecule has 0 spiro atoms. The highest BCUT2D eigenvalue weighted by Crippen LogP contribution is 2.45. The molecule has 0 N–H and O–H groups in total. The first-order valence-electron chi connectivity index (χ1n) is 8.10. The normalized spacial score (nSPS) is 12.5. The molecule has 114 valence electrons. The number of benzene rings is 3.